The molecule has 0 aliphatic heterocycles. The molecular weight excluding hydrogens is 302 g/mol. The zero-order chi connectivity index (χ0) is 15.8. The third kappa shape index (κ3) is 4.78. The molecule has 22 heavy (non-hydrogen) atoms. The molecule has 0 unspecified atom stereocenters. The van der Waals surface area contributed by atoms with E-state index in [4.69, 9.17) is 4.74 Å². The zero-order valence-corrected chi connectivity index (χ0v) is 12.7. The van der Waals surface area contributed by atoms with Crippen molar-refractivity contribution in [1.29, 1.82) is 0 Å². The summed E-state index contributed by atoms with van der Waals surface area (Å²) in [7, 11) is 1.46. The van der Waals surface area contributed by atoms with Crippen LogP contribution in [0.3, 0.4) is 0 Å². The molecule has 2 aromatic rings. The van der Waals surface area contributed by atoms with Crippen LogP contribution in [0, 0.1) is 0 Å². The largest absolute Gasteiger partial charge is 0.504 e. The highest BCUT2D eigenvalue weighted by Crippen LogP contribution is 2.25. The Bertz CT molecular complexity index is 662. The highest BCUT2D eigenvalue weighted by Gasteiger charge is 2.03. The minimum Gasteiger partial charge on any atom is -0.504 e. The Kier molecular flexibility index (Phi) is 5.79. The van der Waals surface area contributed by atoms with Crippen LogP contribution in [0.15, 0.2) is 52.7 Å². The van der Waals surface area contributed by atoms with Gasteiger partial charge >= 0.3 is 0 Å². The standard InChI is InChI=1S/C15H15N3O3S/c1-21-13-8-11(5-6-12(13)19)9-17-18-14(20)10-22-15-4-2-3-7-16-15/h2-9,19H,10H2,1H3,(H,18,20)/b17-9-. The van der Waals surface area contributed by atoms with E-state index in [1.807, 2.05) is 18.2 Å². The van der Waals surface area contributed by atoms with E-state index >= 15 is 0 Å². The van der Waals surface area contributed by atoms with Gasteiger partial charge in [0.05, 0.1) is 24.1 Å². The Morgan fingerprint density at radius 1 is 1.45 bits per heavy atom. The van der Waals surface area contributed by atoms with Crippen LogP contribution in [0.2, 0.25) is 0 Å². The lowest BCUT2D eigenvalue weighted by atomic mass is 10.2. The second-order valence-corrected chi connectivity index (χ2v) is 5.18. The van der Waals surface area contributed by atoms with E-state index in [0.29, 0.717) is 11.3 Å². The van der Waals surface area contributed by atoms with Crippen molar-refractivity contribution in [1.82, 2.24) is 10.4 Å². The number of methoxy groups -OCH3 is 1. The molecular formula is C15H15N3O3S. The second-order valence-electron chi connectivity index (χ2n) is 4.18. The number of hydrogen-bond donors (Lipinski definition) is 2. The van der Waals surface area contributed by atoms with Crippen molar-refractivity contribution < 1.29 is 14.6 Å². The van der Waals surface area contributed by atoms with Crippen molar-refractivity contribution in [3.63, 3.8) is 0 Å². The number of aromatic hydroxyl groups is 1. The summed E-state index contributed by atoms with van der Waals surface area (Å²) >= 11 is 1.33. The number of hydrogen-bond acceptors (Lipinski definition) is 6. The van der Waals surface area contributed by atoms with Gasteiger partial charge in [-0.2, -0.15) is 5.10 Å². The summed E-state index contributed by atoms with van der Waals surface area (Å²) in [5.41, 5.74) is 3.13. The Morgan fingerprint density at radius 3 is 3.05 bits per heavy atom. The van der Waals surface area contributed by atoms with Crippen LogP contribution in [0.5, 0.6) is 11.5 Å². The summed E-state index contributed by atoms with van der Waals surface area (Å²) < 4.78 is 4.99. The summed E-state index contributed by atoms with van der Waals surface area (Å²) in [4.78, 5) is 15.8. The molecule has 0 aliphatic rings. The lowest BCUT2D eigenvalue weighted by molar-refractivity contribution is -0.118. The van der Waals surface area contributed by atoms with Gasteiger partial charge in [0.2, 0.25) is 5.91 Å². The van der Waals surface area contributed by atoms with Gasteiger partial charge in [-0.25, -0.2) is 10.4 Å². The first-order valence-electron chi connectivity index (χ1n) is 6.42. The summed E-state index contributed by atoms with van der Waals surface area (Å²) in [5.74, 6) is 0.404. The number of benzene rings is 1. The molecule has 0 aliphatic carbocycles. The van der Waals surface area contributed by atoms with Crippen molar-refractivity contribution in [2.75, 3.05) is 12.9 Å². The number of amides is 1. The molecule has 1 amide bonds. The summed E-state index contributed by atoms with van der Waals surface area (Å²) in [6, 6.07) is 10.3. The second kappa shape index (κ2) is 8.04. The Morgan fingerprint density at radius 2 is 2.32 bits per heavy atom. The fourth-order valence-corrected chi connectivity index (χ4v) is 2.21. The average molecular weight is 317 g/mol. The van der Waals surface area contributed by atoms with Crippen LogP contribution in [-0.2, 0) is 4.79 Å². The third-order valence-corrected chi connectivity index (χ3v) is 3.54. The fourth-order valence-electron chi connectivity index (χ4n) is 1.56. The van der Waals surface area contributed by atoms with E-state index in [2.05, 4.69) is 15.5 Å². The molecule has 6 nitrogen and oxygen atoms in total. The molecule has 1 aromatic heterocycles. The molecule has 7 heteroatoms. The SMILES string of the molecule is COc1cc(/C=N\NC(=O)CSc2ccccn2)ccc1O. The monoisotopic (exact) mass is 317 g/mol. The van der Waals surface area contributed by atoms with E-state index in [0.717, 1.165) is 5.03 Å². The number of nitrogens with one attached hydrogen (secondary N) is 1. The molecule has 0 saturated heterocycles. The van der Waals surface area contributed by atoms with E-state index in [9.17, 15) is 9.90 Å². The normalized spacial score (nSPS) is 10.6. The predicted octanol–water partition coefficient (Wildman–Crippen LogP) is 2.04. The highest BCUT2D eigenvalue weighted by atomic mass is 32.2. The number of pyridine rings is 1. The maximum atomic E-state index is 11.6. The molecule has 0 saturated carbocycles. The number of ether oxygens (including phenoxy) is 1. The van der Waals surface area contributed by atoms with Gasteiger partial charge in [0.15, 0.2) is 11.5 Å². The summed E-state index contributed by atoms with van der Waals surface area (Å²) in [6.45, 7) is 0. The van der Waals surface area contributed by atoms with E-state index in [1.54, 1.807) is 18.3 Å². The Labute approximate surface area is 132 Å². The van der Waals surface area contributed by atoms with Crippen LogP contribution in [0.25, 0.3) is 0 Å². The lowest BCUT2D eigenvalue weighted by Gasteiger charge is -2.03. The van der Waals surface area contributed by atoms with Crippen molar-refractivity contribution >= 4 is 23.9 Å². The molecule has 1 aromatic carbocycles. The van der Waals surface area contributed by atoms with Gasteiger partial charge in [0, 0.05) is 6.20 Å². The molecule has 2 rings (SSSR count). The molecule has 0 fully saturated rings. The Hall–Kier alpha value is -2.54. The molecule has 2 N–H and O–H groups in total. The number of aromatic nitrogens is 1. The number of phenols is 1. The average Bonchev–Trinajstić information content (AvgIpc) is 2.55. The molecule has 0 atom stereocenters. The van der Waals surface area contributed by atoms with Crippen molar-refractivity contribution in [3.05, 3.63) is 48.2 Å². The van der Waals surface area contributed by atoms with Crippen LogP contribution in [-0.4, -0.2) is 35.1 Å². The van der Waals surface area contributed by atoms with E-state index in [1.165, 1.54) is 31.2 Å². The highest BCUT2D eigenvalue weighted by molar-refractivity contribution is 7.99. The van der Waals surface area contributed by atoms with Gasteiger partial charge in [-0.1, -0.05) is 17.8 Å². The summed E-state index contributed by atoms with van der Waals surface area (Å²) in [6.07, 6.45) is 3.15. The number of phenolic OH excluding ortho intramolecular Hbond substituents is 1. The van der Waals surface area contributed by atoms with Crippen LogP contribution in [0.1, 0.15) is 5.56 Å². The number of hydrazone groups is 1. The topological polar surface area (TPSA) is 83.8 Å². The van der Waals surface area contributed by atoms with Gasteiger partial charge in [-0.05, 0) is 35.9 Å². The first kappa shape index (κ1) is 15.8. The lowest BCUT2D eigenvalue weighted by Crippen LogP contribution is -2.19. The molecule has 114 valence electrons. The number of carbonyl (C=O) groups excluding carboxylic acids is 1. The molecule has 1 heterocycles. The van der Waals surface area contributed by atoms with Gasteiger partial charge in [-0.15, -0.1) is 0 Å². The first-order valence-corrected chi connectivity index (χ1v) is 7.40. The first-order chi connectivity index (χ1) is 10.7. The Balaban J connectivity index is 1.83. The third-order valence-electron chi connectivity index (χ3n) is 2.60. The fraction of sp³-hybridized carbons (Fsp3) is 0.133. The minimum atomic E-state index is -0.224. The molecule has 0 bridgehead atoms. The molecule has 0 radical (unpaired) electrons. The maximum Gasteiger partial charge on any atom is 0.250 e. The van der Waals surface area contributed by atoms with Gasteiger partial charge in [0.25, 0.3) is 0 Å². The van der Waals surface area contributed by atoms with Crippen molar-refractivity contribution in [2.45, 2.75) is 5.03 Å². The maximum absolute atomic E-state index is 11.6. The van der Waals surface area contributed by atoms with Crippen LogP contribution in [0.4, 0.5) is 0 Å². The van der Waals surface area contributed by atoms with Gasteiger partial charge in [0.1, 0.15) is 0 Å². The number of nitrogens with zero attached hydrogens (tertiary/aromatic N) is 2. The van der Waals surface area contributed by atoms with E-state index < -0.39 is 0 Å². The summed E-state index contributed by atoms with van der Waals surface area (Å²) in [5, 5.41) is 14.1. The smallest absolute Gasteiger partial charge is 0.250 e. The quantitative estimate of drug-likeness (QED) is 0.484. The van der Waals surface area contributed by atoms with Crippen molar-refractivity contribution in [2.24, 2.45) is 5.10 Å². The predicted molar refractivity (Wildman–Crippen MR) is 85.4 cm³/mol. The van der Waals surface area contributed by atoms with Crippen LogP contribution < -0.4 is 10.2 Å². The number of rotatable bonds is 6. The minimum absolute atomic E-state index is 0.0513. The van der Waals surface area contributed by atoms with Crippen molar-refractivity contribution in [3.8, 4) is 11.5 Å². The van der Waals surface area contributed by atoms with Gasteiger partial charge in [-0.3, -0.25) is 4.79 Å². The molecule has 0 spiro atoms. The van der Waals surface area contributed by atoms with Gasteiger partial charge < -0.3 is 9.84 Å². The van der Waals surface area contributed by atoms with Crippen LogP contribution >= 0.6 is 11.8 Å². The number of carbonyl (C=O) groups is 1. The zero-order valence-electron chi connectivity index (χ0n) is 11.9. The number of thioether (sulfide) groups is 1. The van der Waals surface area contributed by atoms with E-state index in [-0.39, 0.29) is 17.4 Å².